The van der Waals surface area contributed by atoms with Crippen molar-refractivity contribution in [3.63, 3.8) is 0 Å². The topological polar surface area (TPSA) is 82.5 Å². The Morgan fingerprint density at radius 3 is 2.80 bits per heavy atom. The summed E-state index contributed by atoms with van der Waals surface area (Å²) in [4.78, 5) is 23.3. The number of carbonyl (C=O) groups is 1. The summed E-state index contributed by atoms with van der Waals surface area (Å²) in [5, 5.41) is 9.86. The van der Waals surface area contributed by atoms with Crippen LogP contribution in [-0.4, -0.2) is 53.2 Å². The molecule has 0 aliphatic carbocycles. The third-order valence-corrected chi connectivity index (χ3v) is 5.66. The summed E-state index contributed by atoms with van der Waals surface area (Å²) in [5.74, 6) is -0.0360. The number of hydrogen-bond donors (Lipinski definition) is 2. The Morgan fingerprint density at radius 2 is 2.03 bits per heavy atom. The molecule has 0 saturated carbocycles. The summed E-state index contributed by atoms with van der Waals surface area (Å²) in [7, 11) is 0. The van der Waals surface area contributed by atoms with Gasteiger partial charge in [0, 0.05) is 47.6 Å². The Morgan fingerprint density at radius 1 is 1.20 bits per heavy atom. The van der Waals surface area contributed by atoms with Crippen molar-refractivity contribution in [2.75, 3.05) is 31.6 Å². The maximum Gasteiger partial charge on any atom is 0.251 e. The first-order valence-electron chi connectivity index (χ1n) is 10.0. The van der Waals surface area contributed by atoms with Gasteiger partial charge in [-0.2, -0.15) is 5.10 Å². The van der Waals surface area contributed by atoms with Crippen LogP contribution in [0.25, 0.3) is 11.3 Å². The number of benzene rings is 1. The van der Waals surface area contributed by atoms with Gasteiger partial charge in [0.1, 0.15) is 0 Å². The van der Waals surface area contributed by atoms with Crippen LogP contribution < -0.4 is 10.7 Å². The van der Waals surface area contributed by atoms with Crippen molar-refractivity contribution >= 4 is 28.6 Å². The Kier molecular flexibility index (Phi) is 6.79. The number of hydrogen-bond acceptors (Lipinski definition) is 7. The number of thiazole rings is 1. The molecule has 0 atom stereocenters. The van der Waals surface area contributed by atoms with E-state index in [-0.39, 0.29) is 5.91 Å². The predicted octanol–water partition coefficient (Wildman–Crippen LogP) is 3.48. The number of likely N-dealkylation sites (tertiary alicyclic amines) is 1. The number of anilines is 1. The summed E-state index contributed by atoms with van der Waals surface area (Å²) >= 11 is 1.48. The van der Waals surface area contributed by atoms with E-state index in [1.807, 2.05) is 41.8 Å². The summed E-state index contributed by atoms with van der Waals surface area (Å²) in [6.45, 7) is 3.89. The van der Waals surface area contributed by atoms with E-state index in [0.717, 1.165) is 36.5 Å². The van der Waals surface area contributed by atoms with Crippen LogP contribution in [0.1, 0.15) is 28.8 Å². The minimum atomic E-state index is -0.0360. The third kappa shape index (κ3) is 5.49. The summed E-state index contributed by atoms with van der Waals surface area (Å²) in [5.41, 5.74) is 6.32. The lowest BCUT2D eigenvalue weighted by molar-refractivity contribution is 0.0950. The van der Waals surface area contributed by atoms with Crippen LogP contribution in [0.2, 0.25) is 0 Å². The van der Waals surface area contributed by atoms with Crippen LogP contribution in [0.4, 0.5) is 5.13 Å². The smallest absolute Gasteiger partial charge is 0.251 e. The molecular formula is C22H24N6OS. The largest absolute Gasteiger partial charge is 0.351 e. The van der Waals surface area contributed by atoms with Crippen molar-refractivity contribution in [1.29, 1.82) is 0 Å². The third-order valence-electron chi connectivity index (χ3n) is 4.92. The fourth-order valence-electron chi connectivity index (χ4n) is 3.30. The van der Waals surface area contributed by atoms with Gasteiger partial charge < -0.3 is 10.2 Å². The van der Waals surface area contributed by atoms with Gasteiger partial charge in [-0.05, 0) is 44.1 Å². The fraction of sp³-hybridized carbons (Fsp3) is 0.273. The molecule has 1 aromatic carbocycles. The number of aromatic nitrogens is 2. The molecule has 0 bridgehead atoms. The molecule has 0 radical (unpaired) electrons. The van der Waals surface area contributed by atoms with Crippen molar-refractivity contribution in [2.24, 2.45) is 5.10 Å². The van der Waals surface area contributed by atoms with Crippen LogP contribution >= 0.6 is 11.3 Å². The lowest BCUT2D eigenvalue weighted by Crippen LogP contribution is -2.33. The van der Waals surface area contributed by atoms with E-state index in [0.29, 0.717) is 17.2 Å². The van der Waals surface area contributed by atoms with E-state index >= 15 is 0 Å². The second-order valence-corrected chi connectivity index (χ2v) is 7.93. The van der Waals surface area contributed by atoms with Crippen molar-refractivity contribution in [3.05, 3.63) is 65.3 Å². The highest BCUT2D eigenvalue weighted by atomic mass is 32.1. The first-order valence-corrected chi connectivity index (χ1v) is 10.9. The van der Waals surface area contributed by atoms with E-state index in [9.17, 15) is 4.79 Å². The molecule has 1 aliphatic rings. The normalized spacial score (nSPS) is 14.3. The van der Waals surface area contributed by atoms with Crippen LogP contribution in [-0.2, 0) is 0 Å². The van der Waals surface area contributed by atoms with Gasteiger partial charge in [-0.3, -0.25) is 15.2 Å². The lowest BCUT2D eigenvalue weighted by Gasteiger charge is -2.14. The highest BCUT2D eigenvalue weighted by molar-refractivity contribution is 7.14. The quantitative estimate of drug-likeness (QED) is 0.431. The van der Waals surface area contributed by atoms with E-state index in [1.165, 1.54) is 24.2 Å². The average Bonchev–Trinajstić information content (AvgIpc) is 3.47. The number of nitrogens with one attached hydrogen (secondary N) is 2. The van der Waals surface area contributed by atoms with Gasteiger partial charge in [-0.1, -0.05) is 18.2 Å². The molecule has 1 fully saturated rings. The zero-order valence-electron chi connectivity index (χ0n) is 16.6. The highest BCUT2D eigenvalue weighted by Crippen LogP contribution is 2.25. The molecule has 7 nitrogen and oxygen atoms in total. The number of amides is 1. The molecule has 2 aromatic heterocycles. The summed E-state index contributed by atoms with van der Waals surface area (Å²) < 4.78 is 0. The molecule has 1 saturated heterocycles. The van der Waals surface area contributed by atoms with Gasteiger partial charge >= 0.3 is 0 Å². The predicted molar refractivity (Wildman–Crippen MR) is 121 cm³/mol. The Labute approximate surface area is 179 Å². The zero-order chi connectivity index (χ0) is 20.6. The molecule has 0 unspecified atom stereocenters. The second-order valence-electron chi connectivity index (χ2n) is 7.08. The zero-order valence-corrected chi connectivity index (χ0v) is 17.4. The maximum atomic E-state index is 12.3. The molecule has 1 aliphatic heterocycles. The van der Waals surface area contributed by atoms with Crippen molar-refractivity contribution in [1.82, 2.24) is 20.2 Å². The van der Waals surface area contributed by atoms with Gasteiger partial charge in [-0.15, -0.1) is 11.3 Å². The molecule has 30 heavy (non-hydrogen) atoms. The molecule has 8 heteroatoms. The monoisotopic (exact) mass is 420 g/mol. The van der Waals surface area contributed by atoms with Crippen LogP contribution in [0.5, 0.6) is 0 Å². The number of hydrazone groups is 1. The van der Waals surface area contributed by atoms with Gasteiger partial charge in [0.25, 0.3) is 5.91 Å². The molecule has 3 heterocycles. The Hall–Kier alpha value is -3.10. The summed E-state index contributed by atoms with van der Waals surface area (Å²) in [6, 6.07) is 11.3. The van der Waals surface area contributed by atoms with E-state index in [4.69, 9.17) is 0 Å². The SMILES string of the molecule is O=C(NCCN1CCCC1)c1ccc(-c2csc(N/N=C/c3cccnc3)n2)cc1. The second kappa shape index (κ2) is 10.1. The van der Waals surface area contributed by atoms with Crippen molar-refractivity contribution in [2.45, 2.75) is 12.8 Å². The molecule has 1 amide bonds. The van der Waals surface area contributed by atoms with Gasteiger partial charge in [0.05, 0.1) is 11.9 Å². The average molecular weight is 421 g/mol. The van der Waals surface area contributed by atoms with Crippen LogP contribution in [0, 0.1) is 0 Å². The summed E-state index contributed by atoms with van der Waals surface area (Å²) in [6.07, 6.45) is 7.69. The first kappa shape index (κ1) is 20.2. The van der Waals surface area contributed by atoms with E-state index in [1.54, 1.807) is 18.6 Å². The maximum absolute atomic E-state index is 12.3. The minimum Gasteiger partial charge on any atom is -0.351 e. The number of pyridine rings is 1. The van der Waals surface area contributed by atoms with Crippen LogP contribution in [0.3, 0.4) is 0 Å². The van der Waals surface area contributed by atoms with Gasteiger partial charge in [0.2, 0.25) is 5.13 Å². The van der Waals surface area contributed by atoms with Crippen LogP contribution in [0.15, 0.2) is 59.3 Å². The fourth-order valence-corrected chi connectivity index (χ4v) is 3.97. The van der Waals surface area contributed by atoms with Crippen molar-refractivity contribution < 1.29 is 4.79 Å². The van der Waals surface area contributed by atoms with E-state index in [2.05, 4.69) is 30.7 Å². The Bertz CT molecular complexity index is 980. The highest BCUT2D eigenvalue weighted by Gasteiger charge is 2.12. The number of nitrogens with zero attached hydrogens (tertiary/aromatic N) is 4. The van der Waals surface area contributed by atoms with E-state index < -0.39 is 0 Å². The standard InChI is InChI=1S/C22H24N6OS/c29-21(24-10-13-28-11-1-2-12-28)19-7-5-18(6-8-19)20-16-30-22(26-20)27-25-15-17-4-3-9-23-14-17/h3-9,14-16H,1-2,10-13H2,(H,24,29)(H,26,27)/b25-15+. The molecule has 4 rings (SSSR count). The molecule has 0 spiro atoms. The van der Waals surface area contributed by atoms with Crippen molar-refractivity contribution in [3.8, 4) is 11.3 Å². The van der Waals surface area contributed by atoms with Gasteiger partial charge in [0.15, 0.2) is 0 Å². The molecular weight excluding hydrogens is 396 g/mol. The molecule has 3 aromatic rings. The van der Waals surface area contributed by atoms with Gasteiger partial charge in [-0.25, -0.2) is 4.98 Å². The Balaban J connectivity index is 1.29. The lowest BCUT2D eigenvalue weighted by atomic mass is 10.1. The first-order chi connectivity index (χ1) is 14.8. The number of rotatable bonds is 8. The molecule has 154 valence electrons. The number of carbonyl (C=O) groups excluding carboxylic acids is 1. The minimum absolute atomic E-state index is 0.0360. The molecule has 2 N–H and O–H groups in total.